The molecule has 4 rings (SSSR count). The molecule has 0 radical (unpaired) electrons. The van der Waals surface area contributed by atoms with E-state index < -0.39 is 0 Å². The van der Waals surface area contributed by atoms with Crippen LogP contribution in [0.2, 0.25) is 0 Å². The van der Waals surface area contributed by atoms with E-state index in [1.54, 1.807) is 25.1 Å². The van der Waals surface area contributed by atoms with Gasteiger partial charge >= 0.3 is 5.69 Å². The number of carbonyl (C=O) groups excluding carboxylic acids is 1. The zero-order valence-corrected chi connectivity index (χ0v) is 18.7. The molecule has 8 nitrogen and oxygen atoms in total. The average molecular weight is 437 g/mol. The maximum absolute atomic E-state index is 12.9. The lowest BCUT2D eigenvalue weighted by atomic mass is 9.98. The van der Waals surface area contributed by atoms with Gasteiger partial charge in [-0.25, -0.2) is 9.78 Å². The molecule has 1 amide bonds. The second kappa shape index (κ2) is 9.38. The third-order valence-corrected chi connectivity index (χ3v) is 5.87. The fourth-order valence-corrected chi connectivity index (χ4v) is 4.15. The van der Waals surface area contributed by atoms with E-state index in [4.69, 9.17) is 9.15 Å². The summed E-state index contributed by atoms with van der Waals surface area (Å²) in [6.07, 6.45) is 4.19. The van der Waals surface area contributed by atoms with Crippen molar-refractivity contribution in [2.75, 3.05) is 20.2 Å². The van der Waals surface area contributed by atoms with E-state index in [-0.39, 0.29) is 24.1 Å². The number of methoxy groups -OCH3 is 1. The molecule has 0 bridgehead atoms. The van der Waals surface area contributed by atoms with Crippen LogP contribution in [0.25, 0.3) is 0 Å². The molecule has 2 aromatic heterocycles. The van der Waals surface area contributed by atoms with Crippen molar-refractivity contribution >= 4 is 5.91 Å². The van der Waals surface area contributed by atoms with Gasteiger partial charge in [-0.05, 0) is 50.5 Å². The summed E-state index contributed by atoms with van der Waals surface area (Å²) in [4.78, 5) is 35.3. The topological polar surface area (TPSA) is 90.5 Å². The summed E-state index contributed by atoms with van der Waals surface area (Å²) in [5.41, 5.74) is 2.12. The molecule has 1 fully saturated rings. The van der Waals surface area contributed by atoms with Crippen LogP contribution < -0.4 is 10.4 Å². The molecule has 0 N–H and O–H groups in total. The van der Waals surface area contributed by atoms with Gasteiger partial charge in [0, 0.05) is 30.9 Å². The summed E-state index contributed by atoms with van der Waals surface area (Å²) in [5, 5.41) is 0. The number of hydrogen-bond donors (Lipinski definition) is 0. The Hall–Kier alpha value is -3.42. The van der Waals surface area contributed by atoms with Gasteiger partial charge in [0.05, 0.1) is 19.2 Å². The number of carbonyl (C=O) groups is 1. The van der Waals surface area contributed by atoms with Crippen molar-refractivity contribution in [3.8, 4) is 5.75 Å². The maximum Gasteiger partial charge on any atom is 0.348 e. The molecular formula is C24H28N4O4. The van der Waals surface area contributed by atoms with Crippen LogP contribution in [0, 0.1) is 13.8 Å². The highest BCUT2D eigenvalue weighted by molar-refractivity contribution is 5.76. The highest BCUT2D eigenvalue weighted by Crippen LogP contribution is 2.27. The molecule has 8 heteroatoms. The van der Waals surface area contributed by atoms with Gasteiger partial charge in [-0.1, -0.05) is 12.1 Å². The lowest BCUT2D eigenvalue weighted by molar-refractivity contribution is -0.133. The first-order chi connectivity index (χ1) is 15.4. The van der Waals surface area contributed by atoms with E-state index in [1.165, 1.54) is 4.57 Å². The van der Waals surface area contributed by atoms with E-state index >= 15 is 0 Å². The Bertz CT molecular complexity index is 1150. The van der Waals surface area contributed by atoms with Crippen LogP contribution in [0.15, 0.2) is 45.7 Å². The summed E-state index contributed by atoms with van der Waals surface area (Å²) in [7, 11) is 1.65. The average Bonchev–Trinajstić information content (AvgIpc) is 3.25. The Kier molecular flexibility index (Phi) is 6.39. The largest absolute Gasteiger partial charge is 0.497 e. The minimum Gasteiger partial charge on any atom is -0.497 e. The number of piperidine rings is 1. The normalized spacial score (nSPS) is 16.2. The van der Waals surface area contributed by atoms with Gasteiger partial charge in [0.1, 0.15) is 18.1 Å². The predicted octanol–water partition coefficient (Wildman–Crippen LogP) is 2.85. The quantitative estimate of drug-likeness (QED) is 0.590. The number of likely N-dealkylation sites (tertiary alicyclic amines) is 1. The molecule has 0 saturated carbocycles. The molecule has 1 aliphatic rings. The van der Waals surface area contributed by atoms with Crippen molar-refractivity contribution < 1.29 is 13.9 Å². The fraction of sp³-hybridized carbons (Fsp3) is 0.417. The smallest absolute Gasteiger partial charge is 0.348 e. The zero-order valence-electron chi connectivity index (χ0n) is 18.7. The van der Waals surface area contributed by atoms with Crippen molar-refractivity contribution in [3.63, 3.8) is 0 Å². The van der Waals surface area contributed by atoms with Crippen LogP contribution >= 0.6 is 0 Å². The molecule has 0 spiro atoms. The molecule has 1 aliphatic heterocycles. The molecule has 0 unspecified atom stereocenters. The Morgan fingerprint density at radius 2 is 2.03 bits per heavy atom. The molecule has 1 atom stereocenters. The highest BCUT2D eigenvalue weighted by atomic mass is 16.5. The third-order valence-electron chi connectivity index (χ3n) is 5.87. The number of nitrogens with zero attached hydrogens (tertiary/aromatic N) is 4. The number of benzene rings is 1. The van der Waals surface area contributed by atoms with Crippen LogP contribution in [0.1, 0.15) is 47.4 Å². The van der Waals surface area contributed by atoms with Crippen LogP contribution in [-0.4, -0.2) is 45.5 Å². The van der Waals surface area contributed by atoms with E-state index in [0.717, 1.165) is 35.6 Å². The summed E-state index contributed by atoms with van der Waals surface area (Å²) < 4.78 is 12.7. The molecule has 32 heavy (non-hydrogen) atoms. The van der Waals surface area contributed by atoms with Crippen LogP contribution in [0.5, 0.6) is 5.75 Å². The number of hydrogen-bond acceptors (Lipinski definition) is 6. The first-order valence-corrected chi connectivity index (χ1v) is 10.8. The summed E-state index contributed by atoms with van der Waals surface area (Å²) in [5.74, 6) is 2.23. The monoisotopic (exact) mass is 436 g/mol. The van der Waals surface area contributed by atoms with Crippen molar-refractivity contribution in [2.45, 2.75) is 45.6 Å². The van der Waals surface area contributed by atoms with Crippen molar-refractivity contribution in [1.82, 2.24) is 19.4 Å². The first kappa shape index (κ1) is 21.8. The van der Waals surface area contributed by atoms with Gasteiger partial charge in [-0.3, -0.25) is 9.36 Å². The lowest BCUT2D eigenvalue weighted by Gasteiger charge is -2.31. The van der Waals surface area contributed by atoms with Crippen molar-refractivity contribution in [3.05, 3.63) is 75.6 Å². The van der Waals surface area contributed by atoms with Crippen LogP contribution in [-0.2, 0) is 17.8 Å². The van der Waals surface area contributed by atoms with Gasteiger partial charge in [0.25, 0.3) is 0 Å². The standard InChI is InChI=1S/C24H28N4O4/c1-16-11-17(2)28(24(30)26-16)15-22(29)27-10-4-5-19(14-27)23-25-13-21(32-23)12-18-6-8-20(31-3)9-7-18/h6-9,11,13,19H,4-5,10,12,14-15H2,1-3H3/t19-/m0/s1. The van der Waals surface area contributed by atoms with E-state index in [2.05, 4.69) is 9.97 Å². The zero-order chi connectivity index (χ0) is 22.7. The number of amides is 1. The van der Waals surface area contributed by atoms with Crippen LogP contribution in [0.4, 0.5) is 0 Å². The van der Waals surface area contributed by atoms with E-state index in [9.17, 15) is 9.59 Å². The number of aryl methyl sites for hydroxylation is 2. The molecule has 168 valence electrons. The molecule has 1 saturated heterocycles. The Morgan fingerprint density at radius 1 is 1.25 bits per heavy atom. The molecular weight excluding hydrogens is 408 g/mol. The summed E-state index contributed by atoms with van der Waals surface area (Å²) in [6, 6.07) is 9.67. The number of oxazole rings is 1. The Labute approximate surface area is 186 Å². The molecule has 0 aliphatic carbocycles. The second-order valence-electron chi connectivity index (χ2n) is 8.28. The van der Waals surface area contributed by atoms with E-state index in [0.29, 0.717) is 31.1 Å². The van der Waals surface area contributed by atoms with Crippen molar-refractivity contribution in [1.29, 1.82) is 0 Å². The third kappa shape index (κ3) is 4.90. The van der Waals surface area contributed by atoms with Gasteiger partial charge in [-0.2, -0.15) is 4.98 Å². The summed E-state index contributed by atoms with van der Waals surface area (Å²) >= 11 is 0. The molecule has 3 aromatic rings. The van der Waals surface area contributed by atoms with Gasteiger partial charge in [0.15, 0.2) is 5.89 Å². The summed E-state index contributed by atoms with van der Waals surface area (Å²) in [6.45, 7) is 4.80. The maximum atomic E-state index is 12.9. The fourth-order valence-electron chi connectivity index (χ4n) is 4.15. The first-order valence-electron chi connectivity index (χ1n) is 10.8. The number of aromatic nitrogens is 3. The SMILES string of the molecule is COc1ccc(Cc2cnc([C@H]3CCCN(C(=O)Cn4c(C)cc(C)nc4=O)C3)o2)cc1. The number of rotatable bonds is 6. The predicted molar refractivity (Wildman–Crippen MR) is 119 cm³/mol. The van der Waals surface area contributed by atoms with Gasteiger partial charge < -0.3 is 14.1 Å². The Balaban J connectivity index is 1.40. The van der Waals surface area contributed by atoms with Gasteiger partial charge in [0.2, 0.25) is 5.91 Å². The molecule has 1 aromatic carbocycles. The lowest BCUT2D eigenvalue weighted by Crippen LogP contribution is -2.42. The minimum absolute atomic E-state index is 0.00102. The van der Waals surface area contributed by atoms with E-state index in [1.807, 2.05) is 37.3 Å². The number of ether oxygens (including phenoxy) is 1. The minimum atomic E-state index is -0.389. The second-order valence-corrected chi connectivity index (χ2v) is 8.28. The van der Waals surface area contributed by atoms with Gasteiger partial charge in [-0.15, -0.1) is 0 Å². The Morgan fingerprint density at radius 3 is 2.75 bits per heavy atom. The highest BCUT2D eigenvalue weighted by Gasteiger charge is 2.28. The molecule has 3 heterocycles. The van der Waals surface area contributed by atoms with Crippen LogP contribution in [0.3, 0.4) is 0 Å². The van der Waals surface area contributed by atoms with Crippen molar-refractivity contribution in [2.24, 2.45) is 0 Å².